The number of rotatable bonds is 5. The van der Waals surface area contributed by atoms with Gasteiger partial charge < -0.3 is 10.4 Å². The molecule has 16 heavy (non-hydrogen) atoms. The zero-order valence-electron chi connectivity index (χ0n) is 8.81. The summed E-state index contributed by atoms with van der Waals surface area (Å²) < 4.78 is 0. The number of nitrogens with one attached hydrogen (secondary N) is 1. The van der Waals surface area contributed by atoms with Gasteiger partial charge in [-0.1, -0.05) is 11.6 Å². The van der Waals surface area contributed by atoms with E-state index in [9.17, 15) is 10.1 Å². The van der Waals surface area contributed by atoms with Crippen molar-refractivity contribution in [2.24, 2.45) is 0 Å². The Balaban J connectivity index is 2.85. The fraction of sp³-hybridized carbons (Fsp3) is 0.400. The van der Waals surface area contributed by atoms with Crippen molar-refractivity contribution >= 4 is 17.3 Å². The quantitative estimate of drug-likeness (QED) is 0.613. The highest BCUT2D eigenvalue weighted by Gasteiger charge is 2.13. The average Bonchev–Trinajstić information content (AvgIpc) is 2.25. The Morgan fingerprint density at radius 1 is 1.62 bits per heavy atom. The molecule has 1 rings (SSSR count). The second-order valence-corrected chi connectivity index (χ2v) is 3.77. The fourth-order valence-electron chi connectivity index (χ4n) is 1.37. The molecule has 1 atom stereocenters. The van der Waals surface area contributed by atoms with E-state index < -0.39 is 4.92 Å². The number of non-ortho nitro benzene ring substituents is 1. The van der Waals surface area contributed by atoms with E-state index in [1.807, 2.05) is 6.92 Å². The Hall–Kier alpha value is -1.17. The van der Waals surface area contributed by atoms with Crippen LogP contribution in [0.25, 0.3) is 0 Å². The van der Waals surface area contributed by atoms with Crippen molar-refractivity contribution in [3.05, 3.63) is 38.9 Å². The van der Waals surface area contributed by atoms with E-state index >= 15 is 0 Å². The van der Waals surface area contributed by atoms with Gasteiger partial charge in [-0.25, -0.2) is 0 Å². The van der Waals surface area contributed by atoms with Gasteiger partial charge in [0, 0.05) is 24.7 Å². The van der Waals surface area contributed by atoms with E-state index in [0.29, 0.717) is 11.6 Å². The molecule has 2 N–H and O–H groups in total. The minimum absolute atomic E-state index is 0.0249. The SMILES string of the molecule is CC(NCCO)c1ccc([N+](=O)[O-])cc1Cl. The molecule has 6 heteroatoms. The van der Waals surface area contributed by atoms with Crippen LogP contribution in [-0.2, 0) is 0 Å². The lowest BCUT2D eigenvalue weighted by Crippen LogP contribution is -2.22. The minimum atomic E-state index is -0.485. The van der Waals surface area contributed by atoms with Gasteiger partial charge in [0.2, 0.25) is 0 Å². The van der Waals surface area contributed by atoms with Gasteiger partial charge in [0.15, 0.2) is 0 Å². The van der Waals surface area contributed by atoms with Crippen molar-refractivity contribution in [2.45, 2.75) is 13.0 Å². The molecule has 0 aliphatic heterocycles. The molecular weight excluding hydrogens is 232 g/mol. The summed E-state index contributed by atoms with van der Waals surface area (Å²) in [6.07, 6.45) is 0. The minimum Gasteiger partial charge on any atom is -0.395 e. The van der Waals surface area contributed by atoms with Crippen LogP contribution in [0.2, 0.25) is 5.02 Å². The molecule has 0 aliphatic carbocycles. The second-order valence-electron chi connectivity index (χ2n) is 3.36. The smallest absolute Gasteiger partial charge is 0.270 e. The van der Waals surface area contributed by atoms with Gasteiger partial charge in [-0.2, -0.15) is 0 Å². The summed E-state index contributed by atoms with van der Waals surface area (Å²) >= 11 is 5.94. The van der Waals surface area contributed by atoms with Gasteiger partial charge in [-0.3, -0.25) is 10.1 Å². The maximum Gasteiger partial charge on any atom is 0.270 e. The molecular formula is C10H13ClN2O3. The lowest BCUT2D eigenvalue weighted by atomic mass is 10.1. The number of aliphatic hydroxyl groups is 1. The van der Waals surface area contributed by atoms with Crippen LogP contribution in [0.5, 0.6) is 0 Å². The Labute approximate surface area is 98.2 Å². The average molecular weight is 245 g/mol. The van der Waals surface area contributed by atoms with Gasteiger partial charge in [-0.15, -0.1) is 0 Å². The Morgan fingerprint density at radius 3 is 2.81 bits per heavy atom. The first-order chi connectivity index (χ1) is 7.56. The Morgan fingerprint density at radius 2 is 2.31 bits per heavy atom. The van der Waals surface area contributed by atoms with Gasteiger partial charge in [0.25, 0.3) is 5.69 Å². The topological polar surface area (TPSA) is 75.4 Å². The van der Waals surface area contributed by atoms with Crippen LogP contribution < -0.4 is 5.32 Å². The van der Waals surface area contributed by atoms with Crippen LogP contribution in [0.4, 0.5) is 5.69 Å². The number of nitro groups is 1. The van der Waals surface area contributed by atoms with Crippen molar-refractivity contribution < 1.29 is 10.0 Å². The van der Waals surface area contributed by atoms with E-state index in [1.165, 1.54) is 12.1 Å². The summed E-state index contributed by atoms with van der Waals surface area (Å²) in [5.74, 6) is 0. The molecule has 0 saturated carbocycles. The third-order valence-corrected chi connectivity index (χ3v) is 2.55. The van der Waals surface area contributed by atoms with Crippen molar-refractivity contribution in [1.29, 1.82) is 0 Å². The van der Waals surface area contributed by atoms with Crippen molar-refractivity contribution in [3.8, 4) is 0 Å². The molecule has 0 aliphatic rings. The molecule has 0 bridgehead atoms. The summed E-state index contributed by atoms with van der Waals surface area (Å²) in [5, 5.41) is 22.6. The molecule has 1 unspecified atom stereocenters. The fourth-order valence-corrected chi connectivity index (χ4v) is 1.71. The van der Waals surface area contributed by atoms with Gasteiger partial charge >= 0.3 is 0 Å². The summed E-state index contributed by atoms with van der Waals surface area (Å²) in [6.45, 7) is 2.37. The van der Waals surface area contributed by atoms with Crippen LogP contribution >= 0.6 is 11.6 Å². The first-order valence-corrected chi connectivity index (χ1v) is 5.22. The van der Waals surface area contributed by atoms with Crippen molar-refractivity contribution in [1.82, 2.24) is 5.32 Å². The molecule has 0 amide bonds. The third kappa shape index (κ3) is 3.16. The van der Waals surface area contributed by atoms with Crippen LogP contribution in [0.3, 0.4) is 0 Å². The van der Waals surface area contributed by atoms with E-state index in [-0.39, 0.29) is 18.3 Å². The zero-order chi connectivity index (χ0) is 12.1. The summed E-state index contributed by atoms with van der Waals surface area (Å²) in [5.41, 5.74) is 0.754. The number of benzene rings is 1. The number of hydrogen-bond donors (Lipinski definition) is 2. The number of aliphatic hydroxyl groups excluding tert-OH is 1. The third-order valence-electron chi connectivity index (χ3n) is 2.22. The first kappa shape index (κ1) is 12.9. The number of hydrogen-bond acceptors (Lipinski definition) is 4. The monoisotopic (exact) mass is 244 g/mol. The molecule has 5 nitrogen and oxygen atoms in total. The Bertz CT molecular complexity index is 384. The van der Waals surface area contributed by atoms with Gasteiger partial charge in [-0.05, 0) is 18.6 Å². The molecule has 0 spiro atoms. The number of halogens is 1. The maximum absolute atomic E-state index is 10.5. The zero-order valence-corrected chi connectivity index (χ0v) is 9.57. The second kappa shape index (κ2) is 5.79. The summed E-state index contributed by atoms with van der Waals surface area (Å²) in [6, 6.07) is 4.31. The molecule has 88 valence electrons. The lowest BCUT2D eigenvalue weighted by molar-refractivity contribution is -0.384. The van der Waals surface area contributed by atoms with E-state index in [0.717, 1.165) is 5.56 Å². The predicted molar refractivity (Wildman–Crippen MR) is 61.6 cm³/mol. The van der Waals surface area contributed by atoms with Gasteiger partial charge in [0.1, 0.15) is 0 Å². The molecule has 0 radical (unpaired) electrons. The van der Waals surface area contributed by atoms with Crippen LogP contribution in [0.15, 0.2) is 18.2 Å². The highest BCUT2D eigenvalue weighted by atomic mass is 35.5. The van der Waals surface area contributed by atoms with Gasteiger partial charge in [0.05, 0.1) is 16.6 Å². The van der Waals surface area contributed by atoms with Crippen LogP contribution in [0.1, 0.15) is 18.5 Å². The molecule has 1 aromatic rings. The molecule has 0 fully saturated rings. The van der Waals surface area contributed by atoms with Crippen LogP contribution in [0, 0.1) is 10.1 Å². The van der Waals surface area contributed by atoms with E-state index in [4.69, 9.17) is 16.7 Å². The van der Waals surface area contributed by atoms with E-state index in [2.05, 4.69) is 5.32 Å². The Kier molecular flexibility index (Phi) is 4.67. The molecule has 0 aromatic heterocycles. The van der Waals surface area contributed by atoms with Crippen molar-refractivity contribution in [2.75, 3.05) is 13.2 Å². The number of nitro benzene ring substituents is 1. The molecule has 1 aromatic carbocycles. The maximum atomic E-state index is 10.5. The summed E-state index contributed by atoms with van der Waals surface area (Å²) in [7, 11) is 0. The van der Waals surface area contributed by atoms with E-state index in [1.54, 1.807) is 6.07 Å². The lowest BCUT2D eigenvalue weighted by Gasteiger charge is -2.14. The highest BCUT2D eigenvalue weighted by molar-refractivity contribution is 6.31. The number of nitrogens with zero attached hydrogens (tertiary/aromatic N) is 1. The molecule has 0 saturated heterocycles. The predicted octanol–water partition coefficient (Wildman–Crippen LogP) is 1.89. The normalized spacial score (nSPS) is 12.4. The molecule has 0 heterocycles. The van der Waals surface area contributed by atoms with Crippen molar-refractivity contribution in [3.63, 3.8) is 0 Å². The summed E-state index contributed by atoms with van der Waals surface area (Å²) in [4.78, 5) is 10.0. The highest BCUT2D eigenvalue weighted by Crippen LogP contribution is 2.26. The first-order valence-electron chi connectivity index (χ1n) is 4.84. The standard InChI is InChI=1S/C10H13ClN2O3/c1-7(12-4-5-14)9-3-2-8(13(15)16)6-10(9)11/h2-3,6-7,12,14H,4-5H2,1H3. The van der Waals surface area contributed by atoms with Crippen LogP contribution in [-0.4, -0.2) is 23.2 Å². The largest absolute Gasteiger partial charge is 0.395 e.